The predicted molar refractivity (Wildman–Crippen MR) is 71.3 cm³/mol. The van der Waals surface area contributed by atoms with Crippen molar-refractivity contribution >= 4 is 0 Å². The van der Waals surface area contributed by atoms with Crippen molar-refractivity contribution in [3.8, 4) is 0 Å². The molecule has 0 unspecified atom stereocenters. The van der Waals surface area contributed by atoms with E-state index in [-0.39, 0.29) is 18.1 Å². The molecule has 0 N–H and O–H groups in total. The smallest absolute Gasteiger partial charge is 0.166 e. The first-order chi connectivity index (χ1) is 10.2. The van der Waals surface area contributed by atoms with Crippen molar-refractivity contribution in [1.82, 2.24) is 0 Å². The third-order valence-corrected chi connectivity index (χ3v) is 4.21. The number of aryl methyl sites for hydroxylation is 1. The van der Waals surface area contributed by atoms with E-state index >= 15 is 0 Å². The third kappa shape index (κ3) is 4.65. The van der Waals surface area contributed by atoms with Crippen LogP contribution in [0.5, 0.6) is 0 Å². The zero-order valence-corrected chi connectivity index (χ0v) is 12.0. The molecule has 0 heterocycles. The molecule has 1 saturated carbocycles. The van der Waals surface area contributed by atoms with E-state index < -0.39 is 23.5 Å². The van der Waals surface area contributed by atoms with Crippen molar-refractivity contribution in [1.29, 1.82) is 0 Å². The number of rotatable bonds is 3. The largest absolute Gasteiger partial charge is 0.416 e. The molecule has 0 radical (unpaired) electrons. The van der Waals surface area contributed by atoms with Gasteiger partial charge in [0, 0.05) is 0 Å². The summed E-state index contributed by atoms with van der Waals surface area (Å²) in [5.74, 6) is 0.414. The molecule has 6 heteroatoms. The average Bonchev–Trinajstić information content (AvgIpc) is 2.44. The van der Waals surface area contributed by atoms with E-state index in [1.165, 1.54) is 0 Å². The maximum Gasteiger partial charge on any atom is 0.416 e. The van der Waals surface area contributed by atoms with Crippen LogP contribution in [-0.4, -0.2) is 0 Å². The molecule has 124 valence electrons. The van der Waals surface area contributed by atoms with Gasteiger partial charge in [0.05, 0.1) is 11.1 Å². The number of halogens is 6. The average molecular weight is 324 g/mol. The lowest BCUT2D eigenvalue weighted by Gasteiger charge is -2.22. The molecule has 0 aromatic heterocycles. The summed E-state index contributed by atoms with van der Waals surface area (Å²) in [7, 11) is 0. The van der Waals surface area contributed by atoms with Crippen LogP contribution >= 0.6 is 0 Å². The van der Waals surface area contributed by atoms with Crippen molar-refractivity contribution in [2.45, 2.75) is 57.3 Å². The molecular formula is C16H18F6. The fourth-order valence-corrected chi connectivity index (χ4v) is 3.01. The Kier molecular flexibility index (Phi) is 5.07. The van der Waals surface area contributed by atoms with Gasteiger partial charge in [-0.05, 0) is 42.5 Å². The first kappa shape index (κ1) is 17.2. The van der Waals surface area contributed by atoms with E-state index in [0.717, 1.165) is 44.2 Å². The van der Waals surface area contributed by atoms with E-state index in [2.05, 4.69) is 0 Å². The van der Waals surface area contributed by atoms with Gasteiger partial charge < -0.3 is 0 Å². The van der Waals surface area contributed by atoms with E-state index in [9.17, 15) is 26.3 Å². The van der Waals surface area contributed by atoms with Crippen molar-refractivity contribution in [2.24, 2.45) is 5.92 Å². The van der Waals surface area contributed by atoms with Gasteiger partial charge in [-0.3, -0.25) is 0 Å². The standard InChI is InChI=1S/C16H18F6/c17-15(18,19)13-8-12(9-14(10-13)16(20,21)22)7-6-11-4-2-1-3-5-11/h8-11H,1-7H2. The normalized spacial score (nSPS) is 17.7. The molecule has 1 aliphatic rings. The van der Waals surface area contributed by atoms with Gasteiger partial charge in [0.25, 0.3) is 0 Å². The number of alkyl halides is 6. The van der Waals surface area contributed by atoms with Crippen LogP contribution in [0.15, 0.2) is 18.2 Å². The van der Waals surface area contributed by atoms with Gasteiger partial charge in [-0.2, -0.15) is 26.3 Å². The van der Waals surface area contributed by atoms with Crippen molar-refractivity contribution < 1.29 is 26.3 Å². The highest BCUT2D eigenvalue weighted by molar-refractivity contribution is 5.33. The van der Waals surface area contributed by atoms with E-state index in [4.69, 9.17) is 0 Å². The van der Waals surface area contributed by atoms with Crippen molar-refractivity contribution in [2.75, 3.05) is 0 Å². The van der Waals surface area contributed by atoms with E-state index in [1.54, 1.807) is 0 Å². The van der Waals surface area contributed by atoms with Crippen LogP contribution in [0.4, 0.5) is 26.3 Å². The third-order valence-electron chi connectivity index (χ3n) is 4.21. The zero-order valence-electron chi connectivity index (χ0n) is 12.0. The van der Waals surface area contributed by atoms with Crippen LogP contribution in [0, 0.1) is 5.92 Å². The quantitative estimate of drug-likeness (QED) is 0.578. The molecule has 0 amide bonds. The Balaban J connectivity index is 2.18. The van der Waals surface area contributed by atoms with Crippen molar-refractivity contribution in [3.63, 3.8) is 0 Å². The minimum absolute atomic E-state index is 0.118. The molecule has 0 bridgehead atoms. The summed E-state index contributed by atoms with van der Waals surface area (Å²) in [5.41, 5.74) is -2.32. The van der Waals surface area contributed by atoms with Gasteiger partial charge in [0.15, 0.2) is 0 Å². The Morgan fingerprint density at radius 3 is 1.73 bits per heavy atom. The Labute approximate surface area is 125 Å². The monoisotopic (exact) mass is 324 g/mol. The first-order valence-corrected chi connectivity index (χ1v) is 7.44. The van der Waals surface area contributed by atoms with Crippen LogP contribution in [0.1, 0.15) is 55.2 Å². The molecule has 2 rings (SSSR count). The second kappa shape index (κ2) is 6.50. The minimum Gasteiger partial charge on any atom is -0.166 e. The van der Waals surface area contributed by atoms with Crippen LogP contribution < -0.4 is 0 Å². The summed E-state index contributed by atoms with van der Waals surface area (Å²) in [6, 6.07) is 1.88. The SMILES string of the molecule is FC(F)(F)c1cc(CCC2CCCCC2)cc(C(F)(F)F)c1. The molecule has 0 saturated heterocycles. The molecule has 1 aliphatic carbocycles. The molecule has 0 atom stereocenters. The lowest BCUT2D eigenvalue weighted by atomic mass is 9.85. The molecule has 1 aromatic rings. The van der Waals surface area contributed by atoms with Gasteiger partial charge >= 0.3 is 12.4 Å². The second-order valence-corrected chi connectivity index (χ2v) is 5.96. The van der Waals surface area contributed by atoms with Crippen LogP contribution in [-0.2, 0) is 18.8 Å². The Hall–Kier alpha value is -1.20. The maximum absolute atomic E-state index is 12.8. The molecular weight excluding hydrogens is 306 g/mol. The second-order valence-electron chi connectivity index (χ2n) is 5.96. The highest BCUT2D eigenvalue weighted by atomic mass is 19.4. The first-order valence-electron chi connectivity index (χ1n) is 7.44. The summed E-state index contributed by atoms with van der Waals surface area (Å²) >= 11 is 0. The molecule has 22 heavy (non-hydrogen) atoms. The van der Waals surface area contributed by atoms with Gasteiger partial charge in [0.1, 0.15) is 0 Å². The zero-order chi connectivity index (χ0) is 16.4. The number of hydrogen-bond acceptors (Lipinski definition) is 0. The minimum atomic E-state index is -4.76. The van der Waals surface area contributed by atoms with Gasteiger partial charge in [0.2, 0.25) is 0 Å². The molecule has 1 fully saturated rings. The highest BCUT2D eigenvalue weighted by Gasteiger charge is 2.36. The summed E-state index contributed by atoms with van der Waals surface area (Å²) in [6.45, 7) is 0. The highest BCUT2D eigenvalue weighted by Crippen LogP contribution is 2.37. The Morgan fingerprint density at radius 2 is 1.27 bits per heavy atom. The lowest BCUT2D eigenvalue weighted by Crippen LogP contribution is -2.12. The van der Waals surface area contributed by atoms with E-state index in [0.29, 0.717) is 12.3 Å². The molecule has 0 nitrogen and oxygen atoms in total. The van der Waals surface area contributed by atoms with Crippen LogP contribution in [0.2, 0.25) is 0 Å². The molecule has 0 aliphatic heterocycles. The fraction of sp³-hybridized carbons (Fsp3) is 0.625. The van der Waals surface area contributed by atoms with Gasteiger partial charge in [-0.15, -0.1) is 0 Å². The van der Waals surface area contributed by atoms with Crippen LogP contribution in [0.25, 0.3) is 0 Å². The molecule has 0 spiro atoms. The summed E-state index contributed by atoms with van der Waals surface area (Å²) < 4.78 is 76.6. The number of hydrogen-bond donors (Lipinski definition) is 0. The summed E-state index contributed by atoms with van der Waals surface area (Å²) in [4.78, 5) is 0. The summed E-state index contributed by atoms with van der Waals surface area (Å²) in [5, 5.41) is 0. The molecule has 1 aromatic carbocycles. The van der Waals surface area contributed by atoms with E-state index in [1.807, 2.05) is 0 Å². The predicted octanol–water partition coefficient (Wildman–Crippen LogP) is 6.24. The van der Waals surface area contributed by atoms with Crippen molar-refractivity contribution in [3.05, 3.63) is 34.9 Å². The Morgan fingerprint density at radius 1 is 0.773 bits per heavy atom. The maximum atomic E-state index is 12.8. The number of benzene rings is 1. The van der Waals surface area contributed by atoms with Gasteiger partial charge in [-0.25, -0.2) is 0 Å². The Bertz CT molecular complexity index is 462. The fourth-order valence-electron chi connectivity index (χ4n) is 3.01. The summed E-state index contributed by atoms with van der Waals surface area (Å²) in [6.07, 6.45) is -3.21. The van der Waals surface area contributed by atoms with Gasteiger partial charge in [-0.1, -0.05) is 32.1 Å². The lowest BCUT2D eigenvalue weighted by molar-refractivity contribution is -0.143. The van der Waals surface area contributed by atoms with Crippen LogP contribution in [0.3, 0.4) is 0 Å². The topological polar surface area (TPSA) is 0 Å².